The summed E-state index contributed by atoms with van der Waals surface area (Å²) in [4.78, 5) is 22.3. The largest absolute Gasteiger partial charge is 0.310 e. The Bertz CT molecular complexity index is 713. The molecule has 0 radical (unpaired) electrons. The highest BCUT2D eigenvalue weighted by Crippen LogP contribution is 2.21. The number of hydrogen-bond acceptors (Lipinski definition) is 3. The van der Waals surface area contributed by atoms with E-state index in [0.717, 1.165) is 43.1 Å². The Balaban J connectivity index is 1.85. The summed E-state index contributed by atoms with van der Waals surface area (Å²) in [7, 11) is 0. The molecule has 116 valence electrons. The molecule has 0 atom stereocenters. The number of fused-ring (bicyclic) bond motifs is 1. The Morgan fingerprint density at radius 1 is 1.23 bits per heavy atom. The molecule has 1 aromatic carbocycles. The molecule has 22 heavy (non-hydrogen) atoms. The summed E-state index contributed by atoms with van der Waals surface area (Å²) in [5, 5.41) is 0. The standard InChI is InChI=1S/C18H23N3O/c1-18(2,3)17-19-15-12-21(10-9-14(15)16(22)20-17)11-13-7-5-4-6-8-13/h4-8H,9-12H2,1-3H3,(H,19,20,22). The van der Waals surface area contributed by atoms with E-state index in [9.17, 15) is 4.79 Å². The highest BCUT2D eigenvalue weighted by atomic mass is 16.1. The minimum Gasteiger partial charge on any atom is -0.310 e. The SMILES string of the molecule is CC(C)(C)c1nc2c(c(=O)[nH]1)CCN(Cc1ccccc1)C2. The van der Waals surface area contributed by atoms with Gasteiger partial charge in [0.2, 0.25) is 0 Å². The third-order valence-corrected chi connectivity index (χ3v) is 4.11. The molecule has 0 amide bonds. The zero-order valence-electron chi connectivity index (χ0n) is 13.5. The Hall–Kier alpha value is -1.94. The summed E-state index contributed by atoms with van der Waals surface area (Å²) < 4.78 is 0. The predicted octanol–water partition coefficient (Wildman–Crippen LogP) is 2.63. The minimum atomic E-state index is -0.143. The molecule has 2 heterocycles. The van der Waals surface area contributed by atoms with Crippen LogP contribution in [0.25, 0.3) is 0 Å². The van der Waals surface area contributed by atoms with Gasteiger partial charge in [-0.2, -0.15) is 0 Å². The molecule has 2 aromatic rings. The molecule has 4 nitrogen and oxygen atoms in total. The molecule has 1 aliphatic heterocycles. The van der Waals surface area contributed by atoms with Crippen LogP contribution in [0, 0.1) is 0 Å². The number of aromatic amines is 1. The number of rotatable bonds is 2. The van der Waals surface area contributed by atoms with Gasteiger partial charge in [-0.1, -0.05) is 51.1 Å². The Morgan fingerprint density at radius 2 is 1.95 bits per heavy atom. The first kappa shape index (κ1) is 15.0. The fourth-order valence-electron chi connectivity index (χ4n) is 2.83. The average Bonchev–Trinajstić information content (AvgIpc) is 2.47. The molecule has 1 aliphatic rings. The second-order valence-corrected chi connectivity index (χ2v) is 7.04. The van der Waals surface area contributed by atoms with Crippen molar-refractivity contribution in [3.05, 3.63) is 63.3 Å². The van der Waals surface area contributed by atoms with Crippen molar-refractivity contribution < 1.29 is 0 Å². The summed E-state index contributed by atoms with van der Waals surface area (Å²) in [6.45, 7) is 8.77. The van der Waals surface area contributed by atoms with E-state index < -0.39 is 0 Å². The molecular formula is C18H23N3O. The molecule has 0 fully saturated rings. The average molecular weight is 297 g/mol. The van der Waals surface area contributed by atoms with E-state index >= 15 is 0 Å². The van der Waals surface area contributed by atoms with Crippen molar-refractivity contribution in [1.29, 1.82) is 0 Å². The number of nitrogens with one attached hydrogen (secondary N) is 1. The van der Waals surface area contributed by atoms with E-state index in [1.165, 1.54) is 5.56 Å². The number of H-pyrrole nitrogens is 1. The Labute approximate surface area is 131 Å². The van der Waals surface area contributed by atoms with Crippen molar-refractivity contribution >= 4 is 0 Å². The summed E-state index contributed by atoms with van der Waals surface area (Å²) >= 11 is 0. The van der Waals surface area contributed by atoms with E-state index in [1.54, 1.807) is 0 Å². The Kier molecular flexibility index (Phi) is 3.87. The van der Waals surface area contributed by atoms with Crippen LogP contribution in [0.1, 0.15) is 43.4 Å². The maximum Gasteiger partial charge on any atom is 0.254 e. The quantitative estimate of drug-likeness (QED) is 0.927. The second kappa shape index (κ2) is 5.69. The van der Waals surface area contributed by atoms with Crippen LogP contribution >= 0.6 is 0 Å². The van der Waals surface area contributed by atoms with Crippen LogP contribution in [0.3, 0.4) is 0 Å². The number of hydrogen-bond donors (Lipinski definition) is 1. The number of benzene rings is 1. The van der Waals surface area contributed by atoms with Gasteiger partial charge in [0, 0.05) is 30.6 Å². The molecule has 4 heteroatoms. The van der Waals surface area contributed by atoms with E-state index in [0.29, 0.717) is 0 Å². The summed E-state index contributed by atoms with van der Waals surface area (Å²) in [5.74, 6) is 0.776. The zero-order valence-corrected chi connectivity index (χ0v) is 13.5. The maximum atomic E-state index is 12.3. The van der Waals surface area contributed by atoms with Gasteiger partial charge >= 0.3 is 0 Å². The minimum absolute atomic E-state index is 0.0364. The molecule has 1 N–H and O–H groups in total. The van der Waals surface area contributed by atoms with E-state index in [2.05, 4.69) is 54.9 Å². The fraction of sp³-hybridized carbons (Fsp3) is 0.444. The van der Waals surface area contributed by atoms with Gasteiger partial charge < -0.3 is 4.98 Å². The summed E-state index contributed by atoms with van der Waals surface area (Å²) in [5.41, 5.74) is 2.99. The van der Waals surface area contributed by atoms with Crippen LogP contribution in [0.15, 0.2) is 35.1 Å². The van der Waals surface area contributed by atoms with E-state index in [1.807, 2.05) is 6.07 Å². The zero-order chi connectivity index (χ0) is 15.7. The summed E-state index contributed by atoms with van der Waals surface area (Å²) in [6, 6.07) is 10.4. The van der Waals surface area contributed by atoms with Crippen molar-refractivity contribution in [2.45, 2.75) is 45.7 Å². The van der Waals surface area contributed by atoms with E-state index in [-0.39, 0.29) is 11.0 Å². The molecule has 0 bridgehead atoms. The van der Waals surface area contributed by atoms with Gasteiger partial charge in [-0.25, -0.2) is 4.98 Å². The molecule has 0 saturated carbocycles. The highest BCUT2D eigenvalue weighted by Gasteiger charge is 2.24. The van der Waals surface area contributed by atoms with Crippen LogP contribution in [0.2, 0.25) is 0 Å². The van der Waals surface area contributed by atoms with Gasteiger partial charge in [0.05, 0.1) is 5.69 Å². The molecular weight excluding hydrogens is 274 g/mol. The van der Waals surface area contributed by atoms with Crippen LogP contribution in [-0.2, 0) is 24.9 Å². The van der Waals surface area contributed by atoms with Crippen LogP contribution in [0.4, 0.5) is 0 Å². The second-order valence-electron chi connectivity index (χ2n) is 7.04. The lowest BCUT2D eigenvalue weighted by Gasteiger charge is -2.29. The van der Waals surface area contributed by atoms with Gasteiger partial charge in [0.15, 0.2) is 0 Å². The lowest BCUT2D eigenvalue weighted by Crippen LogP contribution is -2.36. The molecule has 0 spiro atoms. The first-order chi connectivity index (χ1) is 10.4. The lowest BCUT2D eigenvalue weighted by atomic mass is 9.95. The molecule has 1 aromatic heterocycles. The third-order valence-electron chi connectivity index (χ3n) is 4.11. The monoisotopic (exact) mass is 297 g/mol. The normalized spacial score (nSPS) is 15.6. The Morgan fingerprint density at radius 3 is 2.64 bits per heavy atom. The fourth-order valence-corrected chi connectivity index (χ4v) is 2.83. The molecule has 0 aliphatic carbocycles. The van der Waals surface area contributed by atoms with Crippen molar-refractivity contribution in [3.8, 4) is 0 Å². The van der Waals surface area contributed by atoms with Gasteiger partial charge in [-0.3, -0.25) is 9.69 Å². The first-order valence-electron chi connectivity index (χ1n) is 7.82. The number of aromatic nitrogens is 2. The van der Waals surface area contributed by atoms with Gasteiger partial charge in [-0.15, -0.1) is 0 Å². The van der Waals surface area contributed by atoms with Crippen molar-refractivity contribution in [2.24, 2.45) is 0 Å². The third kappa shape index (κ3) is 3.12. The lowest BCUT2D eigenvalue weighted by molar-refractivity contribution is 0.239. The van der Waals surface area contributed by atoms with Gasteiger partial charge in [0.25, 0.3) is 5.56 Å². The summed E-state index contributed by atoms with van der Waals surface area (Å²) in [6.07, 6.45) is 0.773. The van der Waals surface area contributed by atoms with E-state index in [4.69, 9.17) is 4.98 Å². The van der Waals surface area contributed by atoms with Crippen LogP contribution in [0.5, 0.6) is 0 Å². The van der Waals surface area contributed by atoms with Gasteiger partial charge in [0.1, 0.15) is 5.82 Å². The van der Waals surface area contributed by atoms with Crippen molar-refractivity contribution in [1.82, 2.24) is 14.9 Å². The predicted molar refractivity (Wildman–Crippen MR) is 87.8 cm³/mol. The topological polar surface area (TPSA) is 49.0 Å². The van der Waals surface area contributed by atoms with Crippen molar-refractivity contribution in [2.75, 3.05) is 6.54 Å². The molecule has 0 saturated heterocycles. The van der Waals surface area contributed by atoms with Crippen molar-refractivity contribution in [3.63, 3.8) is 0 Å². The van der Waals surface area contributed by atoms with Crippen LogP contribution in [-0.4, -0.2) is 21.4 Å². The maximum absolute atomic E-state index is 12.3. The van der Waals surface area contributed by atoms with Gasteiger partial charge in [-0.05, 0) is 12.0 Å². The molecule has 3 rings (SSSR count). The number of nitrogens with zero attached hydrogens (tertiary/aromatic N) is 2. The van der Waals surface area contributed by atoms with Crippen LogP contribution < -0.4 is 5.56 Å². The molecule has 0 unspecified atom stereocenters. The first-order valence-corrected chi connectivity index (χ1v) is 7.82. The highest BCUT2D eigenvalue weighted by molar-refractivity contribution is 5.23. The smallest absolute Gasteiger partial charge is 0.254 e.